The van der Waals surface area contributed by atoms with Gasteiger partial charge in [0.05, 0.1) is 17.6 Å². The summed E-state index contributed by atoms with van der Waals surface area (Å²) in [5.41, 5.74) is 3.00. The molecule has 3 aromatic rings. The molecule has 39 heavy (non-hydrogen) atoms. The number of ether oxygens (including phenoxy) is 1. The second kappa shape index (κ2) is 11.0. The van der Waals surface area contributed by atoms with Crippen molar-refractivity contribution in [1.82, 2.24) is 19.9 Å². The van der Waals surface area contributed by atoms with E-state index in [0.29, 0.717) is 47.5 Å². The molecule has 0 aliphatic heterocycles. The van der Waals surface area contributed by atoms with Crippen molar-refractivity contribution in [2.75, 3.05) is 41.9 Å². The summed E-state index contributed by atoms with van der Waals surface area (Å²) in [5.74, 6) is 0.316. The zero-order chi connectivity index (χ0) is 28.4. The molecule has 1 aliphatic rings. The van der Waals surface area contributed by atoms with Gasteiger partial charge in [-0.15, -0.1) is 5.10 Å². The van der Waals surface area contributed by atoms with Gasteiger partial charge in [0.15, 0.2) is 27.0 Å². The lowest BCUT2D eigenvalue weighted by Gasteiger charge is -2.24. The quantitative estimate of drug-likeness (QED) is 0.340. The number of carbonyl (C=O) groups is 1. The van der Waals surface area contributed by atoms with Crippen molar-refractivity contribution in [1.29, 1.82) is 5.26 Å². The third-order valence-corrected chi connectivity index (χ3v) is 6.65. The number of nitrogens with one attached hydrogen (secondary N) is 3. The fourth-order valence-corrected chi connectivity index (χ4v) is 4.80. The van der Waals surface area contributed by atoms with Crippen LogP contribution in [-0.4, -0.2) is 67.1 Å². The Morgan fingerprint density at radius 2 is 2.03 bits per heavy atom. The van der Waals surface area contributed by atoms with E-state index in [2.05, 4.69) is 32.1 Å². The predicted molar refractivity (Wildman–Crippen MR) is 150 cm³/mol. The molecule has 12 nitrogen and oxygen atoms in total. The van der Waals surface area contributed by atoms with Crippen molar-refractivity contribution < 1.29 is 17.9 Å². The highest BCUT2D eigenvalue weighted by molar-refractivity contribution is 7.89. The monoisotopic (exact) mass is 554 g/mol. The number of likely N-dealkylation sites (N-methyl/N-ethyl adjacent to an activating group) is 1. The first-order valence-corrected chi connectivity index (χ1v) is 14.7. The summed E-state index contributed by atoms with van der Waals surface area (Å²) in [5, 5.41) is 23.4. The highest BCUT2D eigenvalue weighted by Gasteiger charge is 2.23. The Bertz CT molecular complexity index is 1520. The third-order valence-electron chi connectivity index (χ3n) is 5.82. The molecule has 1 saturated carbocycles. The van der Waals surface area contributed by atoms with Gasteiger partial charge in [0, 0.05) is 49.9 Å². The van der Waals surface area contributed by atoms with E-state index in [1.807, 2.05) is 30.1 Å². The lowest BCUT2D eigenvalue weighted by Crippen LogP contribution is -2.37. The van der Waals surface area contributed by atoms with Gasteiger partial charge in [-0.2, -0.15) is 9.78 Å². The van der Waals surface area contributed by atoms with E-state index in [-0.39, 0.29) is 5.75 Å². The van der Waals surface area contributed by atoms with E-state index in [4.69, 9.17) is 4.74 Å². The van der Waals surface area contributed by atoms with Crippen LogP contribution in [0.3, 0.4) is 0 Å². The topological polar surface area (TPSA) is 154 Å². The van der Waals surface area contributed by atoms with Gasteiger partial charge < -0.3 is 25.6 Å². The maximum absolute atomic E-state index is 12.2. The molecule has 0 bridgehead atoms. The van der Waals surface area contributed by atoms with Crippen LogP contribution in [0.5, 0.6) is 0 Å². The summed E-state index contributed by atoms with van der Waals surface area (Å²) in [6.45, 7) is 6.14. The average Bonchev–Trinajstić information content (AvgIpc) is 3.53. The van der Waals surface area contributed by atoms with Gasteiger partial charge in [-0.3, -0.25) is 0 Å². The molecule has 0 unspecified atom stereocenters. The first-order chi connectivity index (χ1) is 18.3. The van der Waals surface area contributed by atoms with Gasteiger partial charge in [-0.25, -0.2) is 18.2 Å². The molecule has 1 fully saturated rings. The number of nitrogens with zero attached hydrogens (tertiary/aromatic N) is 5. The van der Waals surface area contributed by atoms with E-state index in [0.717, 1.165) is 24.2 Å². The minimum absolute atomic E-state index is 0.164. The molecule has 2 heterocycles. The number of anilines is 4. The molecule has 208 valence electrons. The number of hydrogen-bond donors (Lipinski definition) is 3. The Kier molecular flexibility index (Phi) is 7.87. The number of sulfone groups is 1. The lowest BCUT2D eigenvalue weighted by molar-refractivity contribution is 0.0529. The third kappa shape index (κ3) is 7.73. The van der Waals surface area contributed by atoms with E-state index in [1.54, 1.807) is 26.8 Å². The number of nitriles is 1. The minimum atomic E-state index is -3.34. The van der Waals surface area contributed by atoms with Crippen LogP contribution in [0.15, 0.2) is 30.5 Å². The maximum atomic E-state index is 12.2. The Labute approximate surface area is 228 Å². The molecular formula is C26H34N8O4S. The summed E-state index contributed by atoms with van der Waals surface area (Å²) in [7, 11) is -1.51. The van der Waals surface area contributed by atoms with E-state index in [1.165, 1.54) is 17.0 Å². The smallest absolute Gasteiger partial charge is 0.407 e. The highest BCUT2D eigenvalue weighted by atomic mass is 32.2. The summed E-state index contributed by atoms with van der Waals surface area (Å²) >= 11 is 0. The van der Waals surface area contributed by atoms with E-state index < -0.39 is 21.5 Å². The lowest BCUT2D eigenvalue weighted by atomic mass is 10.1. The van der Waals surface area contributed by atoms with Crippen LogP contribution in [0.25, 0.3) is 5.65 Å². The van der Waals surface area contributed by atoms with Crippen LogP contribution in [0.1, 0.15) is 44.9 Å². The zero-order valence-electron chi connectivity index (χ0n) is 22.8. The minimum Gasteiger partial charge on any atom is -0.444 e. The molecule has 1 aromatic carbocycles. The molecule has 3 N–H and O–H groups in total. The number of carbonyl (C=O) groups excluding carboxylic acids is 1. The second-order valence-electron chi connectivity index (χ2n) is 10.7. The Hall–Kier alpha value is -4.05. The van der Waals surface area contributed by atoms with Crippen molar-refractivity contribution in [3.63, 3.8) is 0 Å². The predicted octanol–water partition coefficient (Wildman–Crippen LogP) is 3.42. The molecule has 0 atom stereocenters. The Morgan fingerprint density at radius 3 is 2.67 bits per heavy atom. The van der Waals surface area contributed by atoms with Crippen LogP contribution >= 0.6 is 0 Å². The number of aromatic nitrogens is 3. The van der Waals surface area contributed by atoms with Crippen molar-refractivity contribution in [3.05, 3.63) is 41.7 Å². The van der Waals surface area contributed by atoms with Crippen LogP contribution < -0.4 is 20.9 Å². The van der Waals surface area contributed by atoms with Crippen molar-refractivity contribution >= 4 is 44.5 Å². The summed E-state index contributed by atoms with van der Waals surface area (Å²) in [6, 6.07) is 9.74. The molecular weight excluding hydrogens is 520 g/mol. The van der Waals surface area contributed by atoms with Crippen molar-refractivity contribution in [3.8, 4) is 6.07 Å². The van der Waals surface area contributed by atoms with Crippen LogP contribution in [0.4, 0.5) is 27.7 Å². The van der Waals surface area contributed by atoms with Gasteiger partial charge in [-0.05, 0) is 57.4 Å². The molecule has 4 rings (SSSR count). The first kappa shape index (κ1) is 28.0. The van der Waals surface area contributed by atoms with Crippen LogP contribution in [0, 0.1) is 11.3 Å². The Morgan fingerprint density at radius 1 is 1.28 bits per heavy atom. The molecule has 2 aromatic heterocycles. The van der Waals surface area contributed by atoms with Crippen LogP contribution in [-0.2, 0) is 20.3 Å². The maximum Gasteiger partial charge on any atom is 0.407 e. The number of amides is 1. The molecule has 1 aliphatic carbocycles. The Balaban J connectivity index is 1.56. The summed E-state index contributed by atoms with van der Waals surface area (Å²) in [6.07, 6.45) is 4.30. The van der Waals surface area contributed by atoms with Gasteiger partial charge in [0.1, 0.15) is 11.7 Å². The number of benzene rings is 1. The van der Waals surface area contributed by atoms with Crippen molar-refractivity contribution in [2.24, 2.45) is 0 Å². The van der Waals surface area contributed by atoms with Gasteiger partial charge in [-0.1, -0.05) is 0 Å². The van der Waals surface area contributed by atoms with Crippen LogP contribution in [0.2, 0.25) is 0 Å². The standard InChI is InChI=1S/C26H34N8O4S/c1-26(2,3)38-25(35)28-10-11-33(4)22-9-8-19(12-17(22)16-39(5,36)37)31-23-13-21(30-18-6-7-18)24-29-15-20(14-27)34(24)32-23/h8-9,12-13,15,18,30H,6-7,10-11,16H2,1-5H3,(H,28,35)(H,31,32). The summed E-state index contributed by atoms with van der Waals surface area (Å²) in [4.78, 5) is 18.2. The van der Waals surface area contributed by atoms with Gasteiger partial charge >= 0.3 is 6.09 Å². The molecule has 0 spiro atoms. The van der Waals surface area contributed by atoms with Gasteiger partial charge in [0.2, 0.25) is 0 Å². The summed E-state index contributed by atoms with van der Waals surface area (Å²) < 4.78 is 31.3. The number of hydrogen-bond acceptors (Lipinski definition) is 10. The van der Waals surface area contributed by atoms with E-state index in [9.17, 15) is 18.5 Å². The highest BCUT2D eigenvalue weighted by Crippen LogP contribution is 2.31. The fraction of sp³-hybridized carbons (Fsp3) is 0.462. The average molecular weight is 555 g/mol. The van der Waals surface area contributed by atoms with E-state index >= 15 is 0 Å². The first-order valence-electron chi connectivity index (χ1n) is 12.6. The molecule has 13 heteroatoms. The fourth-order valence-electron chi connectivity index (χ4n) is 4.00. The molecule has 1 amide bonds. The normalized spacial score (nSPS) is 13.5. The number of rotatable bonds is 10. The number of alkyl carbamates (subject to hydrolysis) is 1. The molecule has 0 saturated heterocycles. The zero-order valence-corrected chi connectivity index (χ0v) is 23.6. The SMILES string of the molecule is CN(CCNC(=O)OC(C)(C)C)c1ccc(Nc2cc(NC3CC3)c3ncc(C#N)n3n2)cc1CS(C)(=O)=O. The van der Waals surface area contributed by atoms with Gasteiger partial charge in [0.25, 0.3) is 0 Å². The second-order valence-corrected chi connectivity index (χ2v) is 12.9. The largest absolute Gasteiger partial charge is 0.444 e. The number of imidazole rings is 1. The van der Waals surface area contributed by atoms with Crippen molar-refractivity contribution in [2.45, 2.75) is 51.0 Å². The molecule has 0 radical (unpaired) electrons. The number of fused-ring (bicyclic) bond motifs is 1.